The Morgan fingerprint density at radius 3 is 1.72 bits per heavy atom. The van der Waals surface area contributed by atoms with Gasteiger partial charge < -0.3 is 4.42 Å². The lowest BCUT2D eigenvalue weighted by molar-refractivity contribution is 0.669. The van der Waals surface area contributed by atoms with Crippen LogP contribution in [0.25, 0.3) is 120 Å². The predicted octanol–water partition coefficient (Wildman–Crippen LogP) is 15.3. The van der Waals surface area contributed by atoms with E-state index >= 15 is 0 Å². The lowest BCUT2D eigenvalue weighted by Gasteiger charge is -2.11. The van der Waals surface area contributed by atoms with Gasteiger partial charge in [0, 0.05) is 53.9 Å². The standard InChI is InChI=1S/C55H33N3OS/c1-3-12-36(13-4-1)45-33-46(37-14-5-2-6-15-37)58-55(57-45)39-28-26-38(27-29-39)53-54-52(44-17-8-10-21-50(44)60-54)42-31-30-40(32-47(42)56-53)34-22-24-35(25-23-34)41-18-11-20-49-51(41)43-16-7-9-19-48(43)59-49/h1-33H. The molecule has 0 saturated heterocycles. The summed E-state index contributed by atoms with van der Waals surface area (Å²) in [6.07, 6.45) is 0. The van der Waals surface area contributed by atoms with Crippen LogP contribution in [0, 0.1) is 0 Å². The zero-order valence-electron chi connectivity index (χ0n) is 32.2. The summed E-state index contributed by atoms with van der Waals surface area (Å²) >= 11 is 1.81. The highest BCUT2D eigenvalue weighted by atomic mass is 32.1. The minimum absolute atomic E-state index is 0.686. The molecule has 0 radical (unpaired) electrons. The Kier molecular flexibility index (Phi) is 8.00. The predicted molar refractivity (Wildman–Crippen MR) is 250 cm³/mol. The van der Waals surface area contributed by atoms with Crippen LogP contribution in [0.4, 0.5) is 0 Å². The summed E-state index contributed by atoms with van der Waals surface area (Å²) in [5, 5.41) is 5.93. The first-order valence-electron chi connectivity index (χ1n) is 20.1. The van der Waals surface area contributed by atoms with Crippen LogP contribution in [-0.2, 0) is 0 Å². The van der Waals surface area contributed by atoms with Gasteiger partial charge in [-0.15, -0.1) is 11.3 Å². The zero-order chi connectivity index (χ0) is 39.6. The highest BCUT2D eigenvalue weighted by Gasteiger charge is 2.18. The van der Waals surface area contributed by atoms with E-state index < -0.39 is 0 Å². The van der Waals surface area contributed by atoms with Gasteiger partial charge >= 0.3 is 0 Å². The van der Waals surface area contributed by atoms with Gasteiger partial charge in [0.1, 0.15) is 11.2 Å². The highest BCUT2D eigenvalue weighted by Crippen LogP contribution is 2.44. The Bertz CT molecular complexity index is 3520. The number of para-hydroxylation sites is 1. The summed E-state index contributed by atoms with van der Waals surface area (Å²) in [7, 11) is 0. The van der Waals surface area contributed by atoms with E-state index in [1.165, 1.54) is 25.7 Å². The molecule has 0 N–H and O–H groups in total. The monoisotopic (exact) mass is 783 g/mol. The molecule has 0 spiro atoms. The molecular weight excluding hydrogens is 751 g/mol. The van der Waals surface area contributed by atoms with Crippen LogP contribution < -0.4 is 0 Å². The van der Waals surface area contributed by atoms with Crippen LogP contribution in [-0.4, -0.2) is 15.0 Å². The molecule has 0 aliphatic heterocycles. The van der Waals surface area contributed by atoms with Gasteiger partial charge in [-0.3, -0.25) is 0 Å². The van der Waals surface area contributed by atoms with E-state index in [1.54, 1.807) is 11.3 Å². The third-order valence-electron chi connectivity index (χ3n) is 11.5. The fourth-order valence-electron chi connectivity index (χ4n) is 8.59. The van der Waals surface area contributed by atoms with Crippen LogP contribution in [0.5, 0.6) is 0 Å². The Hall–Kier alpha value is -7.73. The van der Waals surface area contributed by atoms with E-state index in [4.69, 9.17) is 19.4 Å². The van der Waals surface area contributed by atoms with Crippen LogP contribution in [0.15, 0.2) is 205 Å². The van der Waals surface area contributed by atoms with Crippen molar-refractivity contribution < 1.29 is 4.42 Å². The van der Waals surface area contributed by atoms with Gasteiger partial charge in [-0.05, 0) is 52.6 Å². The summed E-state index contributed by atoms with van der Waals surface area (Å²) in [5.74, 6) is 0.686. The van der Waals surface area contributed by atoms with Gasteiger partial charge in [0.15, 0.2) is 5.82 Å². The normalized spacial score (nSPS) is 11.7. The molecule has 12 rings (SSSR count). The first-order chi connectivity index (χ1) is 29.7. The minimum atomic E-state index is 0.686. The van der Waals surface area contributed by atoms with Crippen LogP contribution in [0.2, 0.25) is 0 Å². The number of hydrogen-bond donors (Lipinski definition) is 0. The largest absolute Gasteiger partial charge is 0.456 e. The molecule has 12 aromatic rings. The average molecular weight is 784 g/mol. The number of hydrogen-bond acceptors (Lipinski definition) is 5. The Labute approximate surface area is 349 Å². The van der Waals surface area contributed by atoms with Crippen LogP contribution in [0.1, 0.15) is 0 Å². The zero-order valence-corrected chi connectivity index (χ0v) is 33.0. The molecule has 280 valence electrons. The summed E-state index contributed by atoms with van der Waals surface area (Å²) in [4.78, 5) is 15.6. The van der Waals surface area contributed by atoms with Gasteiger partial charge in [0.05, 0.1) is 27.3 Å². The Balaban J connectivity index is 0.955. The third kappa shape index (κ3) is 5.78. The Morgan fingerprint density at radius 2 is 0.967 bits per heavy atom. The molecule has 8 aromatic carbocycles. The maximum atomic E-state index is 6.19. The van der Waals surface area contributed by atoms with Gasteiger partial charge in [0.25, 0.3) is 0 Å². The molecule has 5 heteroatoms. The molecule has 0 aliphatic carbocycles. The van der Waals surface area contributed by atoms with E-state index in [0.717, 1.165) is 88.9 Å². The number of rotatable bonds is 6. The lowest BCUT2D eigenvalue weighted by Crippen LogP contribution is -1.96. The van der Waals surface area contributed by atoms with E-state index in [-0.39, 0.29) is 0 Å². The van der Waals surface area contributed by atoms with Crippen molar-refractivity contribution in [3.8, 4) is 67.4 Å². The first-order valence-corrected chi connectivity index (χ1v) is 20.9. The van der Waals surface area contributed by atoms with Crippen LogP contribution in [0.3, 0.4) is 0 Å². The maximum Gasteiger partial charge on any atom is 0.160 e. The SMILES string of the molecule is c1ccc(-c2cc(-c3ccccc3)nc(-c3ccc(-c4nc5cc(-c6ccc(-c7cccc8oc9ccccc9c78)cc6)ccc5c5c4sc4ccccc45)cc3)n2)cc1. The Morgan fingerprint density at radius 1 is 0.367 bits per heavy atom. The number of benzene rings is 8. The molecule has 4 aromatic heterocycles. The molecule has 0 saturated carbocycles. The number of furan rings is 1. The molecular formula is C55H33N3OS. The molecule has 0 bridgehead atoms. The van der Waals surface area contributed by atoms with Gasteiger partial charge in [-0.1, -0.05) is 170 Å². The number of thiophene rings is 1. The summed E-state index contributed by atoms with van der Waals surface area (Å²) in [5.41, 5.74) is 14.2. The molecule has 0 aliphatic rings. The number of aromatic nitrogens is 3. The van der Waals surface area contributed by atoms with E-state index in [9.17, 15) is 0 Å². The topological polar surface area (TPSA) is 51.8 Å². The fourth-order valence-corrected chi connectivity index (χ4v) is 9.81. The smallest absolute Gasteiger partial charge is 0.160 e. The number of pyridine rings is 1. The average Bonchev–Trinajstić information content (AvgIpc) is 3.91. The molecule has 60 heavy (non-hydrogen) atoms. The minimum Gasteiger partial charge on any atom is -0.456 e. The quantitative estimate of drug-likeness (QED) is 0.169. The third-order valence-corrected chi connectivity index (χ3v) is 12.7. The molecule has 0 unspecified atom stereocenters. The van der Waals surface area contributed by atoms with Crippen molar-refractivity contribution in [2.45, 2.75) is 0 Å². The number of fused-ring (bicyclic) bond motifs is 8. The molecule has 0 atom stereocenters. The molecule has 4 heterocycles. The molecule has 0 fully saturated rings. The van der Waals surface area contributed by atoms with Crippen LogP contribution >= 0.6 is 11.3 Å². The maximum absolute atomic E-state index is 6.19. The number of nitrogens with zero attached hydrogens (tertiary/aromatic N) is 3. The van der Waals surface area contributed by atoms with Gasteiger partial charge in [-0.25, -0.2) is 15.0 Å². The second kappa shape index (κ2) is 14.0. The molecule has 0 amide bonds. The van der Waals surface area contributed by atoms with E-state index in [2.05, 4.69) is 146 Å². The van der Waals surface area contributed by atoms with Crippen molar-refractivity contribution in [2.75, 3.05) is 0 Å². The van der Waals surface area contributed by atoms with Crippen molar-refractivity contribution in [1.82, 2.24) is 15.0 Å². The van der Waals surface area contributed by atoms with Gasteiger partial charge in [0.2, 0.25) is 0 Å². The van der Waals surface area contributed by atoms with Crippen molar-refractivity contribution in [3.63, 3.8) is 0 Å². The van der Waals surface area contributed by atoms with E-state index in [1.807, 2.05) is 54.6 Å². The van der Waals surface area contributed by atoms with Crippen molar-refractivity contribution >= 4 is 64.4 Å². The second-order valence-corrected chi connectivity index (χ2v) is 16.2. The lowest BCUT2D eigenvalue weighted by atomic mass is 9.96. The van der Waals surface area contributed by atoms with Crippen molar-refractivity contribution in [3.05, 3.63) is 200 Å². The highest BCUT2D eigenvalue weighted by molar-refractivity contribution is 7.26. The summed E-state index contributed by atoms with van der Waals surface area (Å²) in [6.45, 7) is 0. The molecule has 4 nitrogen and oxygen atoms in total. The summed E-state index contributed by atoms with van der Waals surface area (Å²) in [6, 6.07) is 70.1. The van der Waals surface area contributed by atoms with Gasteiger partial charge in [-0.2, -0.15) is 0 Å². The van der Waals surface area contributed by atoms with E-state index in [0.29, 0.717) is 5.82 Å². The fraction of sp³-hybridized carbons (Fsp3) is 0. The first kappa shape index (κ1) is 34.3. The van der Waals surface area contributed by atoms with Crippen molar-refractivity contribution in [2.24, 2.45) is 0 Å². The second-order valence-electron chi connectivity index (χ2n) is 15.1. The summed E-state index contributed by atoms with van der Waals surface area (Å²) < 4.78 is 8.63. The van der Waals surface area contributed by atoms with Crippen molar-refractivity contribution in [1.29, 1.82) is 0 Å².